The van der Waals surface area contributed by atoms with E-state index in [-0.39, 0.29) is 25.0 Å². The SMILES string of the molecule is CC=Cc1ccc(OCC(=O)N(C)CC(=O)Nc2cc(C)on2)c(OC)c1. The molecule has 2 aromatic rings. The van der Waals surface area contributed by atoms with Gasteiger partial charge in [-0.2, -0.15) is 0 Å². The van der Waals surface area contributed by atoms with Gasteiger partial charge in [0.2, 0.25) is 5.91 Å². The fourth-order valence-electron chi connectivity index (χ4n) is 2.26. The number of hydrogen-bond acceptors (Lipinski definition) is 6. The van der Waals surface area contributed by atoms with Crippen LogP contribution in [0.1, 0.15) is 18.2 Å². The number of methoxy groups -OCH3 is 1. The van der Waals surface area contributed by atoms with Crippen molar-refractivity contribution in [3.63, 3.8) is 0 Å². The molecule has 0 saturated carbocycles. The molecule has 0 atom stereocenters. The number of nitrogens with zero attached hydrogens (tertiary/aromatic N) is 2. The second kappa shape index (κ2) is 9.42. The smallest absolute Gasteiger partial charge is 0.260 e. The van der Waals surface area contributed by atoms with E-state index < -0.39 is 0 Å². The van der Waals surface area contributed by atoms with Gasteiger partial charge in [-0.1, -0.05) is 23.4 Å². The lowest BCUT2D eigenvalue weighted by Gasteiger charge is -2.17. The zero-order valence-corrected chi connectivity index (χ0v) is 15.8. The molecule has 1 heterocycles. The first kappa shape index (κ1) is 20.0. The maximum absolute atomic E-state index is 12.2. The Morgan fingerprint density at radius 1 is 1.30 bits per heavy atom. The van der Waals surface area contributed by atoms with E-state index in [1.165, 1.54) is 19.1 Å². The molecule has 1 N–H and O–H groups in total. The van der Waals surface area contributed by atoms with Crippen LogP contribution in [0.3, 0.4) is 0 Å². The molecule has 2 rings (SSSR count). The topological polar surface area (TPSA) is 93.9 Å². The minimum absolute atomic E-state index is 0.133. The molecular weight excluding hydrogens is 350 g/mol. The molecule has 0 bridgehead atoms. The number of allylic oxidation sites excluding steroid dienone is 1. The highest BCUT2D eigenvalue weighted by Gasteiger charge is 2.16. The molecule has 0 unspecified atom stereocenters. The highest BCUT2D eigenvalue weighted by Crippen LogP contribution is 2.28. The van der Waals surface area contributed by atoms with E-state index in [9.17, 15) is 9.59 Å². The summed E-state index contributed by atoms with van der Waals surface area (Å²) in [5, 5.41) is 6.22. The number of nitrogens with one attached hydrogen (secondary N) is 1. The number of hydrogen-bond donors (Lipinski definition) is 1. The predicted molar refractivity (Wildman–Crippen MR) is 101 cm³/mol. The van der Waals surface area contributed by atoms with Gasteiger partial charge in [0.15, 0.2) is 23.9 Å². The molecule has 27 heavy (non-hydrogen) atoms. The van der Waals surface area contributed by atoms with Crippen molar-refractivity contribution in [2.45, 2.75) is 13.8 Å². The minimum Gasteiger partial charge on any atom is -0.493 e. The molecule has 1 aromatic heterocycles. The Balaban J connectivity index is 1.88. The fourth-order valence-corrected chi connectivity index (χ4v) is 2.26. The number of ether oxygens (including phenoxy) is 2. The number of rotatable bonds is 8. The molecule has 0 aliphatic rings. The van der Waals surface area contributed by atoms with Crippen molar-refractivity contribution >= 4 is 23.7 Å². The van der Waals surface area contributed by atoms with Gasteiger partial charge in [0.1, 0.15) is 5.76 Å². The van der Waals surface area contributed by atoms with Crippen LogP contribution in [-0.2, 0) is 9.59 Å². The summed E-state index contributed by atoms with van der Waals surface area (Å²) in [4.78, 5) is 25.4. The number of aryl methyl sites for hydroxylation is 1. The van der Waals surface area contributed by atoms with Crippen molar-refractivity contribution in [2.75, 3.05) is 32.6 Å². The Bertz CT molecular complexity index is 829. The summed E-state index contributed by atoms with van der Waals surface area (Å²) in [5.41, 5.74) is 0.963. The van der Waals surface area contributed by atoms with Gasteiger partial charge >= 0.3 is 0 Å². The van der Waals surface area contributed by atoms with Crippen LogP contribution in [0.5, 0.6) is 11.5 Å². The number of benzene rings is 1. The summed E-state index contributed by atoms with van der Waals surface area (Å²) < 4.78 is 15.7. The first-order chi connectivity index (χ1) is 12.9. The van der Waals surface area contributed by atoms with E-state index in [2.05, 4.69) is 10.5 Å². The van der Waals surface area contributed by atoms with Gasteiger partial charge in [-0.05, 0) is 31.5 Å². The Morgan fingerprint density at radius 3 is 2.70 bits per heavy atom. The summed E-state index contributed by atoms with van der Waals surface area (Å²) in [6.07, 6.45) is 3.85. The first-order valence-corrected chi connectivity index (χ1v) is 8.33. The Kier molecular flexibility index (Phi) is 6.99. The lowest BCUT2D eigenvalue weighted by molar-refractivity contribution is -0.135. The number of aromatic nitrogens is 1. The summed E-state index contributed by atoms with van der Waals surface area (Å²) in [7, 11) is 3.05. The van der Waals surface area contributed by atoms with Crippen LogP contribution in [0.4, 0.5) is 5.82 Å². The van der Waals surface area contributed by atoms with Crippen LogP contribution in [-0.4, -0.2) is 49.2 Å². The normalized spacial score (nSPS) is 10.7. The van der Waals surface area contributed by atoms with Crippen molar-refractivity contribution in [2.24, 2.45) is 0 Å². The largest absolute Gasteiger partial charge is 0.493 e. The average Bonchev–Trinajstić information content (AvgIpc) is 3.04. The monoisotopic (exact) mass is 373 g/mol. The zero-order chi connectivity index (χ0) is 19.8. The van der Waals surface area contributed by atoms with Crippen LogP contribution in [0, 0.1) is 6.92 Å². The highest BCUT2D eigenvalue weighted by atomic mass is 16.5. The molecule has 0 spiro atoms. The first-order valence-electron chi connectivity index (χ1n) is 8.33. The molecule has 144 valence electrons. The van der Waals surface area contributed by atoms with Gasteiger partial charge in [-0.3, -0.25) is 9.59 Å². The Labute approximate surface area is 157 Å². The van der Waals surface area contributed by atoms with E-state index >= 15 is 0 Å². The molecule has 0 saturated heterocycles. The van der Waals surface area contributed by atoms with E-state index in [4.69, 9.17) is 14.0 Å². The Hall–Kier alpha value is -3.29. The number of amides is 2. The second-order valence-corrected chi connectivity index (χ2v) is 5.82. The lowest BCUT2D eigenvalue weighted by atomic mass is 10.2. The maximum atomic E-state index is 12.2. The van der Waals surface area contributed by atoms with E-state index in [1.54, 1.807) is 19.1 Å². The van der Waals surface area contributed by atoms with Gasteiger partial charge in [0.25, 0.3) is 5.91 Å². The van der Waals surface area contributed by atoms with Gasteiger partial charge in [0, 0.05) is 13.1 Å². The van der Waals surface area contributed by atoms with Crippen molar-refractivity contribution < 1.29 is 23.6 Å². The Morgan fingerprint density at radius 2 is 2.07 bits per heavy atom. The quantitative estimate of drug-likeness (QED) is 0.764. The number of anilines is 1. The van der Waals surface area contributed by atoms with Gasteiger partial charge in [-0.15, -0.1) is 0 Å². The zero-order valence-electron chi connectivity index (χ0n) is 15.8. The molecule has 0 aliphatic heterocycles. The van der Waals surface area contributed by atoms with Crippen molar-refractivity contribution in [1.82, 2.24) is 10.1 Å². The predicted octanol–water partition coefficient (Wildman–Crippen LogP) is 2.50. The third kappa shape index (κ3) is 5.88. The average molecular weight is 373 g/mol. The molecule has 0 radical (unpaired) electrons. The van der Waals surface area contributed by atoms with Crippen molar-refractivity contribution in [1.29, 1.82) is 0 Å². The molecule has 1 aromatic carbocycles. The summed E-state index contributed by atoms with van der Waals surface area (Å²) >= 11 is 0. The van der Waals surface area contributed by atoms with Gasteiger partial charge in [-0.25, -0.2) is 0 Å². The highest BCUT2D eigenvalue weighted by molar-refractivity contribution is 5.93. The third-order valence-electron chi connectivity index (χ3n) is 3.60. The minimum atomic E-state index is -0.382. The molecule has 2 amide bonds. The van der Waals surface area contributed by atoms with Crippen LogP contribution < -0.4 is 14.8 Å². The van der Waals surface area contributed by atoms with E-state index in [0.717, 1.165) is 5.56 Å². The van der Waals surface area contributed by atoms with E-state index in [0.29, 0.717) is 23.1 Å². The summed E-state index contributed by atoms with van der Waals surface area (Å²) in [5.74, 6) is 1.14. The van der Waals surface area contributed by atoms with Gasteiger partial charge in [0.05, 0.1) is 13.7 Å². The standard InChI is InChI=1S/C19H23N3O5/c1-5-6-14-7-8-15(16(10-14)25-4)26-12-19(24)22(3)11-18(23)20-17-9-13(2)27-21-17/h5-10H,11-12H2,1-4H3,(H,20,21,23). The second-order valence-electron chi connectivity index (χ2n) is 5.82. The molecule has 0 fully saturated rings. The third-order valence-corrected chi connectivity index (χ3v) is 3.60. The fraction of sp³-hybridized carbons (Fsp3) is 0.316. The van der Waals surface area contributed by atoms with Crippen molar-refractivity contribution in [3.05, 3.63) is 41.7 Å². The maximum Gasteiger partial charge on any atom is 0.260 e. The summed E-state index contributed by atoms with van der Waals surface area (Å²) in [6.45, 7) is 3.29. The molecule has 8 heteroatoms. The van der Waals surface area contributed by atoms with Crippen molar-refractivity contribution in [3.8, 4) is 11.5 Å². The van der Waals surface area contributed by atoms with Crippen LogP contribution in [0.2, 0.25) is 0 Å². The molecular formula is C19H23N3O5. The van der Waals surface area contributed by atoms with Gasteiger partial charge < -0.3 is 24.2 Å². The van der Waals surface area contributed by atoms with E-state index in [1.807, 2.05) is 31.2 Å². The van der Waals surface area contributed by atoms with Crippen LogP contribution in [0.25, 0.3) is 6.08 Å². The van der Waals surface area contributed by atoms with Crippen LogP contribution in [0.15, 0.2) is 34.9 Å². The number of likely N-dealkylation sites (N-methyl/N-ethyl adjacent to an activating group) is 1. The van der Waals surface area contributed by atoms with Crippen LogP contribution >= 0.6 is 0 Å². The number of carbonyl (C=O) groups excluding carboxylic acids is 2. The number of carbonyl (C=O) groups is 2. The molecule has 8 nitrogen and oxygen atoms in total. The summed E-state index contributed by atoms with van der Waals surface area (Å²) in [6, 6.07) is 7.00. The lowest BCUT2D eigenvalue weighted by Crippen LogP contribution is -2.37. The molecule has 0 aliphatic carbocycles.